The smallest absolute Gasteiger partial charge is 0.259 e. The van der Waals surface area contributed by atoms with Crippen LogP contribution in [-0.2, 0) is 4.94 Å². The van der Waals surface area contributed by atoms with Crippen LogP contribution in [0, 0.1) is 0 Å². The van der Waals surface area contributed by atoms with Crippen LogP contribution in [-0.4, -0.2) is 18.1 Å². The summed E-state index contributed by atoms with van der Waals surface area (Å²) in [6, 6.07) is 0. The van der Waals surface area contributed by atoms with E-state index in [-0.39, 0.29) is 0 Å². The molecule has 0 saturated heterocycles. The van der Waals surface area contributed by atoms with Crippen molar-refractivity contribution in [2.45, 2.75) is 6.36 Å². The Hall–Kier alpha value is -0.220. The highest BCUT2D eigenvalue weighted by Crippen LogP contribution is 1.89. The van der Waals surface area contributed by atoms with Gasteiger partial charge in [0.05, 0.1) is 0 Å². The van der Waals surface area contributed by atoms with Gasteiger partial charge in [0.2, 0.25) is 0 Å². The van der Waals surface area contributed by atoms with Gasteiger partial charge in [0, 0.05) is 0 Å². The fourth-order valence-electron chi connectivity index (χ4n) is 0.0282. The predicted molar refractivity (Wildman–Crippen MR) is 14.2 cm³/mol. The van der Waals surface area contributed by atoms with E-state index in [1.807, 2.05) is 0 Å². The number of halogens is 2. The fraction of sp³-hybridized carbons (Fsp3) is 1.00. The third kappa shape index (κ3) is 2.04. The van der Waals surface area contributed by atoms with Crippen molar-refractivity contribution in [2.24, 2.45) is 0 Å². The van der Waals surface area contributed by atoms with Gasteiger partial charge >= 0.3 is 0 Å². The molecule has 0 aromatic rings. The Morgan fingerprint density at radius 1 is 1.83 bits per heavy atom. The van der Waals surface area contributed by atoms with Gasteiger partial charge in [0.25, 0.3) is 6.36 Å². The summed E-state index contributed by atoms with van der Waals surface area (Å²) in [6.45, 7) is -0.934. The third-order valence-corrected chi connectivity index (χ3v) is 0.240. The van der Waals surface area contributed by atoms with Crippen molar-refractivity contribution in [1.29, 1.82) is 0 Å². The molecule has 6 heavy (non-hydrogen) atoms. The summed E-state index contributed by atoms with van der Waals surface area (Å²) in [6.07, 6.45) is -2.18. The van der Waals surface area contributed by atoms with Crippen molar-refractivity contribution < 1.29 is 19.0 Å². The lowest BCUT2D eigenvalue weighted by atomic mass is 10.8. The molecule has 0 heterocycles. The fourth-order valence-corrected chi connectivity index (χ4v) is 0.0282. The Kier molecular flexibility index (Phi) is 2.88. The van der Waals surface area contributed by atoms with E-state index in [2.05, 4.69) is 4.94 Å². The van der Waals surface area contributed by atoms with Gasteiger partial charge in [-0.3, -0.25) is 0 Å². The van der Waals surface area contributed by atoms with E-state index in [0.717, 1.165) is 0 Å². The Morgan fingerprint density at radius 2 is 2.33 bits per heavy atom. The first-order chi connectivity index (χ1) is 2.81. The standard InChI is InChI=1S/C2H4F2O2/c3-2(1-5)6-4/h2,5H,1H2. The van der Waals surface area contributed by atoms with E-state index in [1.165, 1.54) is 0 Å². The Bertz CT molecular complexity index is 28.7. The van der Waals surface area contributed by atoms with E-state index in [4.69, 9.17) is 5.11 Å². The lowest BCUT2D eigenvalue weighted by molar-refractivity contribution is -0.235. The maximum atomic E-state index is 11.0. The molecule has 0 saturated carbocycles. The maximum absolute atomic E-state index is 11.0. The van der Waals surface area contributed by atoms with Crippen LogP contribution in [0.15, 0.2) is 0 Å². The van der Waals surface area contributed by atoms with Crippen molar-refractivity contribution in [3.05, 3.63) is 0 Å². The monoisotopic (exact) mass is 98.0 g/mol. The summed E-state index contributed by atoms with van der Waals surface area (Å²) >= 11 is 0. The van der Waals surface area contributed by atoms with E-state index in [9.17, 15) is 8.92 Å². The van der Waals surface area contributed by atoms with Crippen LogP contribution < -0.4 is 0 Å². The van der Waals surface area contributed by atoms with Gasteiger partial charge < -0.3 is 5.11 Å². The summed E-state index contributed by atoms with van der Waals surface area (Å²) in [5, 5.41) is 7.59. The molecule has 0 aromatic carbocycles. The first kappa shape index (κ1) is 5.78. The molecule has 2 nitrogen and oxygen atoms in total. The van der Waals surface area contributed by atoms with Gasteiger partial charge in [0.1, 0.15) is 6.61 Å². The molecule has 0 aliphatic rings. The second-order valence-corrected chi connectivity index (χ2v) is 0.682. The summed E-state index contributed by atoms with van der Waals surface area (Å²) in [4.78, 5) is 2.48. The SMILES string of the molecule is OCC(F)OF. The molecule has 0 rings (SSSR count). The van der Waals surface area contributed by atoms with E-state index < -0.39 is 13.0 Å². The maximum Gasteiger partial charge on any atom is 0.259 e. The molecular formula is C2H4F2O2. The number of rotatable bonds is 2. The van der Waals surface area contributed by atoms with Crippen LogP contribution in [0.2, 0.25) is 0 Å². The number of hydrogen-bond acceptors (Lipinski definition) is 2. The molecule has 0 radical (unpaired) electrons. The molecule has 1 unspecified atom stereocenters. The Labute approximate surface area is 33.2 Å². The average Bonchev–Trinajstić information content (AvgIpc) is 1.65. The number of hydrogen-bond donors (Lipinski definition) is 1. The molecule has 0 aliphatic heterocycles. The second kappa shape index (κ2) is 2.99. The predicted octanol–water partition coefficient (Wildman–Crippen LogP) is 0.175. The zero-order chi connectivity index (χ0) is 4.99. The minimum absolute atomic E-state index is 0.934. The van der Waals surface area contributed by atoms with Crippen molar-refractivity contribution >= 4 is 0 Å². The highest BCUT2D eigenvalue weighted by molar-refractivity contribution is 4.24. The average molecular weight is 98.0 g/mol. The second-order valence-electron chi connectivity index (χ2n) is 0.682. The molecule has 38 valence electrons. The van der Waals surface area contributed by atoms with Crippen LogP contribution in [0.3, 0.4) is 0 Å². The molecular weight excluding hydrogens is 94.0 g/mol. The zero-order valence-corrected chi connectivity index (χ0v) is 2.90. The molecule has 4 heteroatoms. The minimum Gasteiger partial charge on any atom is -0.391 e. The lowest BCUT2D eigenvalue weighted by Crippen LogP contribution is -2.04. The van der Waals surface area contributed by atoms with Crippen LogP contribution in [0.25, 0.3) is 0 Å². The van der Waals surface area contributed by atoms with Gasteiger partial charge in [-0.15, -0.1) is 0 Å². The van der Waals surface area contributed by atoms with Gasteiger partial charge in [-0.1, -0.05) is 0 Å². The number of alkyl halides is 1. The van der Waals surface area contributed by atoms with Crippen molar-refractivity contribution in [2.75, 3.05) is 6.61 Å². The molecule has 0 amide bonds. The third-order valence-electron chi connectivity index (χ3n) is 0.240. The van der Waals surface area contributed by atoms with Crippen molar-refractivity contribution in [3.8, 4) is 0 Å². The molecule has 0 spiro atoms. The normalized spacial score (nSPS) is 14.5. The first-order valence-corrected chi connectivity index (χ1v) is 1.33. The Balaban J connectivity index is 2.75. The number of aliphatic hydroxyl groups is 1. The molecule has 0 bridgehead atoms. The van der Waals surface area contributed by atoms with Crippen molar-refractivity contribution in [1.82, 2.24) is 0 Å². The number of aliphatic hydroxyl groups excluding tert-OH is 1. The quantitative estimate of drug-likeness (QED) is 0.533. The first-order valence-electron chi connectivity index (χ1n) is 1.33. The largest absolute Gasteiger partial charge is 0.391 e. The van der Waals surface area contributed by atoms with E-state index in [0.29, 0.717) is 0 Å². The van der Waals surface area contributed by atoms with E-state index in [1.54, 1.807) is 0 Å². The minimum atomic E-state index is -2.18. The lowest BCUT2D eigenvalue weighted by Gasteiger charge is -1.90. The van der Waals surface area contributed by atoms with Crippen LogP contribution in [0.5, 0.6) is 0 Å². The summed E-state index contributed by atoms with van der Waals surface area (Å²) in [7, 11) is 0. The molecule has 0 aromatic heterocycles. The Morgan fingerprint density at radius 3 is 2.33 bits per heavy atom. The molecule has 0 aliphatic carbocycles. The van der Waals surface area contributed by atoms with Crippen LogP contribution in [0.1, 0.15) is 0 Å². The summed E-state index contributed by atoms with van der Waals surface area (Å²) in [5.41, 5.74) is 0. The summed E-state index contributed by atoms with van der Waals surface area (Å²) in [5.74, 6) is 0. The van der Waals surface area contributed by atoms with Gasteiger partial charge in [-0.25, -0.2) is 4.39 Å². The zero-order valence-electron chi connectivity index (χ0n) is 2.90. The highest BCUT2D eigenvalue weighted by Gasteiger charge is 2.00. The van der Waals surface area contributed by atoms with E-state index >= 15 is 0 Å². The molecule has 0 fully saturated rings. The summed E-state index contributed by atoms with van der Waals surface area (Å²) < 4.78 is 21.4. The van der Waals surface area contributed by atoms with Gasteiger partial charge in [-0.2, -0.15) is 4.94 Å². The topological polar surface area (TPSA) is 29.5 Å². The van der Waals surface area contributed by atoms with Gasteiger partial charge in [-0.05, 0) is 4.53 Å². The van der Waals surface area contributed by atoms with Crippen molar-refractivity contribution in [3.63, 3.8) is 0 Å². The van der Waals surface area contributed by atoms with Crippen LogP contribution >= 0.6 is 0 Å². The van der Waals surface area contributed by atoms with Crippen LogP contribution in [0.4, 0.5) is 8.92 Å². The molecule has 1 atom stereocenters. The molecule has 1 N–H and O–H groups in total. The van der Waals surface area contributed by atoms with Gasteiger partial charge in [0.15, 0.2) is 0 Å². The highest BCUT2D eigenvalue weighted by atomic mass is 19.3.